The predicted octanol–water partition coefficient (Wildman–Crippen LogP) is 4.72. The van der Waals surface area contributed by atoms with Gasteiger partial charge in [-0.05, 0) is 51.1 Å². The van der Waals surface area contributed by atoms with Gasteiger partial charge in [0.25, 0.3) is 0 Å². The Kier molecular flexibility index (Phi) is 1.79. The Hall–Kier alpha value is -2.34. The number of benzene rings is 2. The largest absolute Gasteiger partial charge is 0.0906 e. The molecule has 0 saturated carbocycles. The molecule has 0 heteroatoms. The molecule has 4 rings (SSSR count). The van der Waals surface area contributed by atoms with Gasteiger partial charge in [-0.1, -0.05) is 55.1 Å². The van der Waals surface area contributed by atoms with E-state index in [0.717, 1.165) is 5.57 Å². The van der Waals surface area contributed by atoms with Gasteiger partial charge in [0.05, 0.1) is 0 Å². The van der Waals surface area contributed by atoms with Gasteiger partial charge in [0.1, 0.15) is 0 Å². The molecule has 0 nitrogen and oxygen atoms in total. The quantitative estimate of drug-likeness (QED) is 0.466. The second-order valence-electron chi connectivity index (χ2n) is 4.83. The lowest BCUT2D eigenvalue weighted by Gasteiger charge is -2.16. The second-order valence-corrected chi connectivity index (χ2v) is 4.83. The Labute approximate surface area is 107 Å². The molecule has 0 atom stereocenters. The van der Waals surface area contributed by atoms with Crippen molar-refractivity contribution in [3.63, 3.8) is 0 Å². The van der Waals surface area contributed by atoms with Crippen molar-refractivity contribution in [2.24, 2.45) is 0 Å². The topological polar surface area (TPSA) is 0 Å². The molecular weight excluding hydrogens is 216 g/mol. The van der Waals surface area contributed by atoms with Crippen LogP contribution < -0.4 is 0 Å². The van der Waals surface area contributed by atoms with Gasteiger partial charge in [-0.15, -0.1) is 0 Å². The maximum Gasteiger partial charge on any atom is -0.0178 e. The number of hydrogen-bond donors (Lipinski definition) is 0. The summed E-state index contributed by atoms with van der Waals surface area (Å²) < 4.78 is 0. The summed E-state index contributed by atoms with van der Waals surface area (Å²) in [5.41, 5.74) is 8.80. The van der Waals surface area contributed by atoms with Crippen molar-refractivity contribution >= 4 is 29.9 Å². The van der Waals surface area contributed by atoms with Crippen LogP contribution in [0.15, 0.2) is 43.0 Å². The molecule has 2 aliphatic rings. The molecule has 0 aromatic heterocycles. The van der Waals surface area contributed by atoms with Gasteiger partial charge in [-0.3, -0.25) is 0 Å². The second kappa shape index (κ2) is 3.33. The third-order valence-electron chi connectivity index (χ3n) is 3.76. The molecule has 0 heterocycles. The lowest BCUT2D eigenvalue weighted by atomic mass is 9.88. The Balaban J connectivity index is 1.74. The lowest BCUT2D eigenvalue weighted by Crippen LogP contribution is -1.95. The van der Waals surface area contributed by atoms with Gasteiger partial charge >= 0.3 is 0 Å². The van der Waals surface area contributed by atoms with Crippen molar-refractivity contribution in [2.75, 3.05) is 0 Å². The summed E-state index contributed by atoms with van der Waals surface area (Å²) in [5, 5.41) is 0. The smallest absolute Gasteiger partial charge is 0.0178 e. The first-order chi connectivity index (χ1) is 8.81. The van der Waals surface area contributed by atoms with Gasteiger partial charge in [0.15, 0.2) is 0 Å². The van der Waals surface area contributed by atoms with Gasteiger partial charge < -0.3 is 0 Å². The van der Waals surface area contributed by atoms with Crippen LogP contribution in [0.5, 0.6) is 0 Å². The molecule has 0 spiro atoms. The first kappa shape index (κ1) is 9.67. The van der Waals surface area contributed by atoms with Crippen molar-refractivity contribution < 1.29 is 0 Å². The molecule has 0 bridgehead atoms. The Bertz CT molecular complexity index is 679. The van der Waals surface area contributed by atoms with Crippen LogP contribution in [0.3, 0.4) is 0 Å². The van der Waals surface area contributed by atoms with E-state index in [0.29, 0.717) is 0 Å². The highest BCUT2D eigenvalue weighted by Crippen LogP contribution is 2.32. The molecular formula is C18H12. The van der Waals surface area contributed by atoms with Crippen molar-refractivity contribution in [1.29, 1.82) is 0 Å². The van der Waals surface area contributed by atoms with Crippen molar-refractivity contribution in [3.8, 4) is 0 Å². The Morgan fingerprint density at radius 2 is 1.06 bits per heavy atom. The number of hydrogen-bond acceptors (Lipinski definition) is 0. The van der Waals surface area contributed by atoms with Crippen molar-refractivity contribution in [2.45, 2.75) is 0 Å². The first-order valence-corrected chi connectivity index (χ1v) is 6.15. The predicted molar refractivity (Wildman–Crippen MR) is 78.9 cm³/mol. The number of fused-ring (bicyclic) bond motifs is 2. The normalized spacial score (nSPS) is 13.3. The van der Waals surface area contributed by atoms with Gasteiger partial charge in [-0.25, -0.2) is 0 Å². The molecule has 0 radical (unpaired) electrons. The van der Waals surface area contributed by atoms with E-state index in [-0.39, 0.29) is 0 Å². The average Bonchev–Trinajstić information content (AvgIpc) is 2.32. The third-order valence-corrected chi connectivity index (χ3v) is 3.76. The summed E-state index contributed by atoms with van der Waals surface area (Å²) in [6.45, 7) is 4.24. The fourth-order valence-corrected chi connectivity index (χ4v) is 2.45. The van der Waals surface area contributed by atoms with Crippen LogP contribution in [0.4, 0.5) is 0 Å². The van der Waals surface area contributed by atoms with Gasteiger partial charge in [0, 0.05) is 0 Å². The van der Waals surface area contributed by atoms with Crippen molar-refractivity contribution in [1.82, 2.24) is 0 Å². The standard InChI is InChI=1S/C18H12/c1-12(15-6-2-13-4-8-17(13)10-15)16-7-3-14-5-9-18(14)11-16/h2-11H,1H2. The molecule has 18 heavy (non-hydrogen) atoms. The maximum absolute atomic E-state index is 4.24. The van der Waals surface area contributed by atoms with E-state index in [1.807, 2.05) is 0 Å². The van der Waals surface area contributed by atoms with Gasteiger partial charge in [-0.2, -0.15) is 0 Å². The fourth-order valence-electron chi connectivity index (χ4n) is 2.45. The average molecular weight is 228 g/mol. The molecule has 0 aliphatic heterocycles. The van der Waals surface area contributed by atoms with Crippen LogP contribution in [-0.2, 0) is 0 Å². The van der Waals surface area contributed by atoms with E-state index < -0.39 is 0 Å². The Morgan fingerprint density at radius 1 is 0.611 bits per heavy atom. The molecule has 2 aliphatic carbocycles. The van der Waals surface area contributed by atoms with E-state index >= 15 is 0 Å². The minimum Gasteiger partial charge on any atom is -0.0906 e. The first-order valence-electron chi connectivity index (χ1n) is 6.15. The third kappa shape index (κ3) is 1.26. The maximum atomic E-state index is 4.24. The SMILES string of the molecule is C=C(c1ccc2c(c1)C=C2)c1ccc2c(c1)C=C2. The van der Waals surface area contributed by atoms with Crippen LogP contribution in [0.25, 0.3) is 29.9 Å². The molecule has 0 N–H and O–H groups in total. The summed E-state index contributed by atoms with van der Waals surface area (Å²) in [6.07, 6.45) is 8.56. The highest BCUT2D eigenvalue weighted by Gasteiger charge is 2.11. The highest BCUT2D eigenvalue weighted by atomic mass is 14.2. The molecule has 84 valence electrons. The molecule has 2 aromatic carbocycles. The lowest BCUT2D eigenvalue weighted by molar-refractivity contribution is 1.48. The van der Waals surface area contributed by atoms with E-state index in [2.05, 4.69) is 67.3 Å². The van der Waals surface area contributed by atoms with Gasteiger partial charge in [0.2, 0.25) is 0 Å². The zero-order chi connectivity index (χ0) is 12.1. The summed E-state index contributed by atoms with van der Waals surface area (Å²) in [6, 6.07) is 13.1. The zero-order valence-electron chi connectivity index (χ0n) is 9.98. The van der Waals surface area contributed by atoms with E-state index in [9.17, 15) is 0 Å². The summed E-state index contributed by atoms with van der Waals surface area (Å²) in [4.78, 5) is 0. The summed E-state index contributed by atoms with van der Waals surface area (Å²) in [5.74, 6) is 0. The minimum absolute atomic E-state index is 1.10. The van der Waals surface area contributed by atoms with Crippen LogP contribution in [0.2, 0.25) is 0 Å². The molecule has 0 amide bonds. The monoisotopic (exact) mass is 228 g/mol. The van der Waals surface area contributed by atoms with Crippen LogP contribution in [0.1, 0.15) is 33.4 Å². The minimum atomic E-state index is 1.10. The van der Waals surface area contributed by atoms with Crippen LogP contribution >= 0.6 is 0 Å². The molecule has 0 unspecified atom stereocenters. The molecule has 0 fully saturated rings. The van der Waals surface area contributed by atoms with Crippen LogP contribution in [-0.4, -0.2) is 0 Å². The molecule has 2 aromatic rings. The highest BCUT2D eigenvalue weighted by molar-refractivity contribution is 5.91. The summed E-state index contributed by atoms with van der Waals surface area (Å²) in [7, 11) is 0. The fraction of sp³-hybridized carbons (Fsp3) is 0. The van der Waals surface area contributed by atoms with Crippen molar-refractivity contribution in [3.05, 3.63) is 76.4 Å². The van der Waals surface area contributed by atoms with E-state index in [4.69, 9.17) is 0 Å². The molecule has 0 saturated heterocycles. The van der Waals surface area contributed by atoms with E-state index in [1.165, 1.54) is 33.4 Å². The Morgan fingerprint density at radius 3 is 1.39 bits per heavy atom. The number of rotatable bonds is 2. The van der Waals surface area contributed by atoms with Crippen LogP contribution in [0, 0.1) is 0 Å². The van der Waals surface area contributed by atoms with E-state index in [1.54, 1.807) is 0 Å². The zero-order valence-corrected chi connectivity index (χ0v) is 9.98. The summed E-state index contributed by atoms with van der Waals surface area (Å²) >= 11 is 0.